The lowest BCUT2D eigenvalue weighted by atomic mass is 10.1. The Labute approximate surface area is 224 Å². The molecule has 2 atom stereocenters. The summed E-state index contributed by atoms with van der Waals surface area (Å²) in [6, 6.07) is 12.8. The van der Waals surface area contributed by atoms with Crippen molar-refractivity contribution in [3.8, 4) is 11.5 Å². The Balaban J connectivity index is 1.31. The van der Waals surface area contributed by atoms with E-state index < -0.39 is 6.29 Å². The Morgan fingerprint density at radius 1 is 1.00 bits per heavy atom. The highest BCUT2D eigenvalue weighted by atomic mass is 19.1. The van der Waals surface area contributed by atoms with Crippen LogP contribution < -0.4 is 19.3 Å². The van der Waals surface area contributed by atoms with Crippen molar-refractivity contribution >= 4 is 11.4 Å². The molecule has 2 aromatic carbocycles. The number of hydrogen-bond acceptors (Lipinski definition) is 8. The smallest absolute Gasteiger partial charge is 0.153 e. The van der Waals surface area contributed by atoms with E-state index in [0.717, 1.165) is 37.1 Å². The quantitative estimate of drug-likeness (QED) is 0.296. The van der Waals surface area contributed by atoms with Gasteiger partial charge < -0.3 is 39.0 Å². The first-order valence-electron chi connectivity index (χ1n) is 13.6. The van der Waals surface area contributed by atoms with Crippen molar-refractivity contribution in [1.29, 1.82) is 0 Å². The maximum absolute atomic E-state index is 14.4. The van der Waals surface area contributed by atoms with Gasteiger partial charge in [0.15, 0.2) is 6.29 Å². The van der Waals surface area contributed by atoms with Gasteiger partial charge in [-0.3, -0.25) is 0 Å². The van der Waals surface area contributed by atoms with Gasteiger partial charge in [-0.1, -0.05) is 0 Å². The SMILES string of the molecule is CCOc1ccc(F)c(N2CCC(Oc3ccc(N4C[C@H](OCCCOC)C[C@@H]4CC(O)O)cc3)CC2)c1. The van der Waals surface area contributed by atoms with Gasteiger partial charge in [-0.05, 0) is 56.2 Å². The second kappa shape index (κ2) is 14.0. The molecule has 0 bridgehead atoms. The van der Waals surface area contributed by atoms with Crippen LogP contribution in [0.15, 0.2) is 42.5 Å². The van der Waals surface area contributed by atoms with Crippen LogP contribution in [0.1, 0.15) is 39.0 Å². The molecule has 210 valence electrons. The van der Waals surface area contributed by atoms with Crippen molar-refractivity contribution in [1.82, 2.24) is 0 Å². The molecule has 0 radical (unpaired) electrons. The zero-order valence-electron chi connectivity index (χ0n) is 22.4. The lowest BCUT2D eigenvalue weighted by molar-refractivity contribution is -0.0500. The highest BCUT2D eigenvalue weighted by Gasteiger charge is 2.34. The van der Waals surface area contributed by atoms with Crippen LogP contribution in [0.3, 0.4) is 0 Å². The molecule has 0 aliphatic carbocycles. The van der Waals surface area contributed by atoms with E-state index in [0.29, 0.717) is 50.9 Å². The molecule has 38 heavy (non-hydrogen) atoms. The Morgan fingerprint density at radius 2 is 1.74 bits per heavy atom. The molecule has 0 unspecified atom stereocenters. The molecule has 2 aromatic rings. The van der Waals surface area contributed by atoms with E-state index in [1.807, 2.05) is 31.2 Å². The Bertz CT molecular complexity index is 984. The van der Waals surface area contributed by atoms with Crippen LogP contribution in [-0.2, 0) is 9.47 Å². The van der Waals surface area contributed by atoms with Gasteiger partial charge in [0, 0.05) is 77.0 Å². The van der Waals surface area contributed by atoms with E-state index in [9.17, 15) is 14.6 Å². The van der Waals surface area contributed by atoms with Crippen LogP contribution in [0.25, 0.3) is 0 Å². The Kier molecular flexibility index (Phi) is 10.5. The Hall–Kier alpha value is -2.59. The fourth-order valence-corrected chi connectivity index (χ4v) is 5.35. The second-order valence-electron chi connectivity index (χ2n) is 9.94. The van der Waals surface area contributed by atoms with Gasteiger partial charge >= 0.3 is 0 Å². The van der Waals surface area contributed by atoms with Crippen LogP contribution >= 0.6 is 0 Å². The first-order chi connectivity index (χ1) is 18.5. The zero-order valence-corrected chi connectivity index (χ0v) is 22.4. The first kappa shape index (κ1) is 28.4. The van der Waals surface area contributed by atoms with E-state index in [4.69, 9.17) is 18.9 Å². The molecule has 8 nitrogen and oxygen atoms in total. The monoisotopic (exact) mass is 532 g/mol. The number of ether oxygens (including phenoxy) is 4. The predicted molar refractivity (Wildman–Crippen MR) is 145 cm³/mol. The molecule has 2 aliphatic heterocycles. The summed E-state index contributed by atoms with van der Waals surface area (Å²) in [4.78, 5) is 4.24. The number of hydrogen-bond donors (Lipinski definition) is 2. The third-order valence-electron chi connectivity index (χ3n) is 7.19. The van der Waals surface area contributed by atoms with Gasteiger partial charge in [0.25, 0.3) is 0 Å². The number of piperidine rings is 1. The van der Waals surface area contributed by atoms with Gasteiger partial charge in [0.1, 0.15) is 23.4 Å². The number of rotatable bonds is 13. The second-order valence-corrected chi connectivity index (χ2v) is 9.94. The normalized spacial score (nSPS) is 20.4. The van der Waals surface area contributed by atoms with Gasteiger partial charge in [-0.25, -0.2) is 4.39 Å². The van der Waals surface area contributed by atoms with Crippen molar-refractivity contribution in [3.05, 3.63) is 48.3 Å². The molecular formula is C29H41FN2O6. The van der Waals surface area contributed by atoms with Crippen LogP contribution in [0.2, 0.25) is 0 Å². The van der Waals surface area contributed by atoms with Crippen LogP contribution in [0, 0.1) is 5.82 Å². The number of nitrogens with zero attached hydrogens (tertiary/aromatic N) is 2. The molecule has 0 amide bonds. The Morgan fingerprint density at radius 3 is 2.42 bits per heavy atom. The molecule has 4 rings (SSSR count). The van der Waals surface area contributed by atoms with E-state index in [2.05, 4.69) is 9.80 Å². The number of aliphatic hydroxyl groups excluding tert-OH is 1. The molecule has 0 saturated carbocycles. The lowest BCUT2D eigenvalue weighted by Gasteiger charge is -2.34. The van der Waals surface area contributed by atoms with Crippen molar-refractivity contribution in [3.63, 3.8) is 0 Å². The highest BCUT2D eigenvalue weighted by molar-refractivity contribution is 5.53. The number of halogens is 1. The molecule has 2 heterocycles. The minimum atomic E-state index is -1.36. The average molecular weight is 533 g/mol. The van der Waals surface area contributed by atoms with Crippen molar-refractivity contribution in [2.24, 2.45) is 0 Å². The van der Waals surface area contributed by atoms with Crippen LogP contribution in [-0.4, -0.2) is 81.3 Å². The molecule has 2 saturated heterocycles. The number of anilines is 2. The molecule has 2 fully saturated rings. The summed E-state index contributed by atoms with van der Waals surface area (Å²) in [6.45, 7) is 5.86. The van der Waals surface area contributed by atoms with E-state index >= 15 is 0 Å². The summed E-state index contributed by atoms with van der Waals surface area (Å²) in [5, 5.41) is 19.2. The maximum Gasteiger partial charge on any atom is 0.153 e. The largest absolute Gasteiger partial charge is 0.494 e. The minimum Gasteiger partial charge on any atom is -0.494 e. The molecule has 0 aromatic heterocycles. The maximum atomic E-state index is 14.4. The van der Waals surface area contributed by atoms with Crippen molar-refractivity contribution in [2.75, 3.05) is 56.4 Å². The van der Waals surface area contributed by atoms with Crippen molar-refractivity contribution < 1.29 is 33.6 Å². The highest BCUT2D eigenvalue weighted by Crippen LogP contribution is 2.32. The summed E-state index contributed by atoms with van der Waals surface area (Å²) in [7, 11) is 1.68. The third kappa shape index (κ3) is 7.72. The van der Waals surface area contributed by atoms with E-state index in [1.54, 1.807) is 19.2 Å². The lowest BCUT2D eigenvalue weighted by Crippen LogP contribution is -2.38. The summed E-state index contributed by atoms with van der Waals surface area (Å²) >= 11 is 0. The molecule has 0 spiro atoms. The standard InChI is InChI=1S/C29H41FN2O6/c1-3-36-25-9-10-27(30)28(19-25)31-13-11-24(12-14-31)38-23-7-5-21(6-8-23)32-20-26(37-16-4-15-35-2)17-22(32)18-29(33)34/h5-10,19,22,24,26,29,33-34H,3-4,11-18,20H2,1-2H3/t22-,26-/m1/s1. The summed E-state index contributed by atoms with van der Waals surface area (Å²) in [6.07, 6.45) is 2.17. The fourth-order valence-electron chi connectivity index (χ4n) is 5.35. The number of aliphatic hydroxyl groups is 2. The molecular weight excluding hydrogens is 491 g/mol. The van der Waals surface area contributed by atoms with Crippen LogP contribution in [0.5, 0.6) is 11.5 Å². The first-order valence-corrected chi connectivity index (χ1v) is 13.6. The summed E-state index contributed by atoms with van der Waals surface area (Å²) in [5.41, 5.74) is 1.58. The van der Waals surface area contributed by atoms with Crippen LogP contribution in [0.4, 0.5) is 15.8 Å². The fraction of sp³-hybridized carbons (Fsp3) is 0.586. The molecule has 2 N–H and O–H groups in total. The van der Waals surface area contributed by atoms with Gasteiger partial charge in [-0.2, -0.15) is 0 Å². The van der Waals surface area contributed by atoms with Gasteiger partial charge in [0.2, 0.25) is 0 Å². The third-order valence-corrected chi connectivity index (χ3v) is 7.19. The van der Waals surface area contributed by atoms with E-state index in [1.165, 1.54) is 6.07 Å². The summed E-state index contributed by atoms with van der Waals surface area (Å²) in [5.74, 6) is 1.24. The number of benzene rings is 2. The van der Waals surface area contributed by atoms with Gasteiger partial charge in [0.05, 0.1) is 18.4 Å². The topological polar surface area (TPSA) is 83.9 Å². The molecule has 2 aliphatic rings. The average Bonchev–Trinajstić information content (AvgIpc) is 3.30. The minimum absolute atomic E-state index is 0.0138. The zero-order chi connectivity index (χ0) is 26.9. The predicted octanol–water partition coefficient (Wildman–Crippen LogP) is 3.97. The summed E-state index contributed by atoms with van der Waals surface area (Å²) < 4.78 is 37.3. The molecule has 9 heteroatoms. The van der Waals surface area contributed by atoms with E-state index in [-0.39, 0.29) is 30.5 Å². The number of methoxy groups -OCH3 is 1. The van der Waals surface area contributed by atoms with Crippen molar-refractivity contribution in [2.45, 2.75) is 63.6 Å². The van der Waals surface area contributed by atoms with Gasteiger partial charge in [-0.15, -0.1) is 0 Å².